The molecule has 2 saturated heterocycles. The van der Waals surface area contributed by atoms with Gasteiger partial charge in [0.05, 0.1) is 37.4 Å². The zero-order chi connectivity index (χ0) is 17.4. The van der Waals surface area contributed by atoms with Crippen molar-refractivity contribution in [1.82, 2.24) is 9.88 Å². The number of carbonyl (C=O) groups is 1. The first-order valence-electron chi connectivity index (χ1n) is 8.72. The highest BCUT2D eigenvalue weighted by molar-refractivity contribution is 7.91. The Labute approximate surface area is 147 Å². The van der Waals surface area contributed by atoms with Gasteiger partial charge in [0, 0.05) is 11.8 Å². The Morgan fingerprint density at radius 2 is 1.88 bits per heavy atom. The molecule has 4 rings (SSSR count). The van der Waals surface area contributed by atoms with Gasteiger partial charge in [-0.1, -0.05) is 24.3 Å². The van der Waals surface area contributed by atoms with Crippen LogP contribution in [0.5, 0.6) is 0 Å². The van der Waals surface area contributed by atoms with Gasteiger partial charge in [0.25, 0.3) is 5.91 Å². The van der Waals surface area contributed by atoms with Crippen LogP contribution in [0, 0.1) is 0 Å². The van der Waals surface area contributed by atoms with Crippen molar-refractivity contribution < 1.29 is 18.1 Å². The van der Waals surface area contributed by atoms with Gasteiger partial charge in [0.1, 0.15) is 17.5 Å². The van der Waals surface area contributed by atoms with Crippen LogP contribution in [0.2, 0.25) is 0 Å². The Hall–Kier alpha value is -1.99. The lowest BCUT2D eigenvalue weighted by Crippen LogP contribution is -3.18. The van der Waals surface area contributed by atoms with Crippen molar-refractivity contribution in [3.8, 4) is 0 Å². The molecule has 0 unspecified atom stereocenters. The molecule has 6 nitrogen and oxygen atoms in total. The summed E-state index contributed by atoms with van der Waals surface area (Å²) in [6.45, 7) is 2.91. The number of hydrogen-bond donors (Lipinski definition) is 1. The predicted octanol–water partition coefficient (Wildman–Crippen LogP) is -0.237. The highest BCUT2D eigenvalue weighted by Gasteiger charge is 2.37. The first kappa shape index (κ1) is 16.5. The van der Waals surface area contributed by atoms with Gasteiger partial charge < -0.3 is 9.80 Å². The van der Waals surface area contributed by atoms with Crippen molar-refractivity contribution in [3.63, 3.8) is 0 Å². The highest BCUT2D eigenvalue weighted by Crippen LogP contribution is 2.14. The van der Waals surface area contributed by atoms with Crippen LogP contribution in [0.1, 0.15) is 16.9 Å². The number of nitrogens with zero attached hydrogens (tertiary/aromatic N) is 2. The van der Waals surface area contributed by atoms with E-state index < -0.39 is 9.84 Å². The number of benzene rings is 1. The van der Waals surface area contributed by atoms with E-state index >= 15 is 0 Å². The van der Waals surface area contributed by atoms with Gasteiger partial charge in [-0.2, -0.15) is 0 Å². The van der Waals surface area contributed by atoms with Crippen LogP contribution in [0.25, 0.3) is 10.9 Å². The topological polar surface area (TPSA) is 71.8 Å². The van der Waals surface area contributed by atoms with E-state index in [1.54, 1.807) is 6.07 Å². The van der Waals surface area contributed by atoms with E-state index in [0.29, 0.717) is 30.3 Å². The number of aromatic nitrogens is 1. The molecule has 1 amide bonds. The van der Waals surface area contributed by atoms with Gasteiger partial charge in [-0.25, -0.2) is 13.4 Å². The largest absolute Gasteiger partial charge is 0.329 e. The van der Waals surface area contributed by atoms with Gasteiger partial charge in [-0.3, -0.25) is 4.79 Å². The number of hydrogen-bond acceptors (Lipinski definition) is 4. The molecule has 1 aromatic carbocycles. The second-order valence-electron chi connectivity index (χ2n) is 6.94. The van der Waals surface area contributed by atoms with Crippen LogP contribution >= 0.6 is 0 Å². The second-order valence-corrected chi connectivity index (χ2v) is 9.17. The molecule has 0 saturated carbocycles. The number of carbonyl (C=O) groups excluding carboxylic acids is 1. The summed E-state index contributed by atoms with van der Waals surface area (Å²) in [5.41, 5.74) is 1.30. The van der Waals surface area contributed by atoms with Gasteiger partial charge in [0.15, 0.2) is 9.84 Å². The minimum atomic E-state index is -2.85. The molecular weight excluding hydrogens is 338 g/mol. The van der Waals surface area contributed by atoms with E-state index in [4.69, 9.17) is 0 Å². The fraction of sp³-hybridized carbons (Fsp3) is 0.444. The van der Waals surface area contributed by atoms with Crippen molar-refractivity contribution in [2.24, 2.45) is 0 Å². The van der Waals surface area contributed by atoms with Crippen molar-refractivity contribution in [2.75, 3.05) is 37.7 Å². The van der Waals surface area contributed by atoms with Crippen molar-refractivity contribution in [1.29, 1.82) is 0 Å². The smallest absolute Gasteiger partial charge is 0.272 e. The molecule has 0 bridgehead atoms. The summed E-state index contributed by atoms with van der Waals surface area (Å²) in [5, 5.41) is 1.02. The number of pyridine rings is 1. The summed E-state index contributed by atoms with van der Waals surface area (Å²) < 4.78 is 23.3. The lowest BCUT2D eigenvalue weighted by Gasteiger charge is -2.34. The third-order valence-corrected chi connectivity index (χ3v) is 7.09. The quantitative estimate of drug-likeness (QED) is 0.803. The summed E-state index contributed by atoms with van der Waals surface area (Å²) in [4.78, 5) is 20.4. The Kier molecular flexibility index (Phi) is 4.21. The Morgan fingerprint density at radius 1 is 1.12 bits per heavy atom. The number of sulfone groups is 1. The Bertz CT molecular complexity index is 905. The van der Waals surface area contributed by atoms with Crippen LogP contribution in [0.3, 0.4) is 0 Å². The second kappa shape index (κ2) is 6.38. The lowest BCUT2D eigenvalue weighted by molar-refractivity contribution is -0.925. The average molecular weight is 360 g/mol. The molecule has 0 aliphatic carbocycles. The SMILES string of the molecule is O=C(c1ccc2ccccc2n1)N1CC[NH+]([C@@H]2CCS(=O)(=O)C2)CC1. The van der Waals surface area contributed by atoms with E-state index in [1.807, 2.05) is 35.2 Å². The van der Waals surface area contributed by atoms with Crippen LogP contribution in [-0.2, 0) is 9.84 Å². The number of amides is 1. The van der Waals surface area contributed by atoms with Crippen LogP contribution in [0.15, 0.2) is 36.4 Å². The lowest BCUT2D eigenvalue weighted by atomic mass is 10.1. The van der Waals surface area contributed by atoms with E-state index in [-0.39, 0.29) is 11.9 Å². The maximum atomic E-state index is 12.7. The number of rotatable bonds is 2. The van der Waals surface area contributed by atoms with Gasteiger partial charge in [-0.05, 0) is 12.1 Å². The molecule has 2 aliphatic rings. The predicted molar refractivity (Wildman–Crippen MR) is 95.4 cm³/mol. The molecule has 2 aliphatic heterocycles. The molecule has 0 radical (unpaired) electrons. The zero-order valence-electron chi connectivity index (χ0n) is 14.0. The fourth-order valence-electron chi connectivity index (χ4n) is 3.87. The van der Waals surface area contributed by atoms with E-state index in [1.165, 1.54) is 4.90 Å². The summed E-state index contributed by atoms with van der Waals surface area (Å²) >= 11 is 0. The molecule has 7 heteroatoms. The summed E-state index contributed by atoms with van der Waals surface area (Å²) in [7, 11) is -2.85. The molecule has 0 spiro atoms. The monoisotopic (exact) mass is 360 g/mol. The average Bonchev–Trinajstić information content (AvgIpc) is 3.01. The summed E-state index contributed by atoms with van der Waals surface area (Å²) in [5.74, 6) is 0.566. The summed E-state index contributed by atoms with van der Waals surface area (Å²) in [6.07, 6.45) is 0.748. The van der Waals surface area contributed by atoms with E-state index in [0.717, 1.165) is 30.4 Å². The minimum Gasteiger partial charge on any atom is -0.329 e. The number of fused-ring (bicyclic) bond motifs is 1. The standard InChI is InChI=1S/C18H21N3O3S/c22-18(17-6-5-14-3-1-2-4-16(14)19-17)21-10-8-20(9-11-21)15-7-12-25(23,24)13-15/h1-6,15H,7-13H2/p+1/t15-/m1/s1. The van der Waals surface area contributed by atoms with Crippen molar-refractivity contribution in [3.05, 3.63) is 42.1 Å². The normalized spacial score (nSPS) is 23.8. The highest BCUT2D eigenvalue weighted by atomic mass is 32.2. The fourth-order valence-corrected chi connectivity index (χ4v) is 5.70. The molecule has 132 valence electrons. The zero-order valence-corrected chi connectivity index (χ0v) is 14.8. The Morgan fingerprint density at radius 3 is 2.60 bits per heavy atom. The Balaban J connectivity index is 1.42. The van der Waals surface area contributed by atoms with Crippen LogP contribution in [-0.4, -0.2) is 67.9 Å². The van der Waals surface area contributed by atoms with Crippen molar-refractivity contribution >= 4 is 26.6 Å². The molecular formula is C18H22N3O3S+. The van der Waals surface area contributed by atoms with Crippen molar-refractivity contribution in [2.45, 2.75) is 12.5 Å². The first-order valence-corrected chi connectivity index (χ1v) is 10.5. The molecule has 1 N–H and O–H groups in total. The van der Waals surface area contributed by atoms with Gasteiger partial charge >= 0.3 is 0 Å². The number of para-hydroxylation sites is 1. The van der Waals surface area contributed by atoms with E-state index in [9.17, 15) is 13.2 Å². The molecule has 3 heterocycles. The molecule has 1 aromatic heterocycles. The maximum Gasteiger partial charge on any atom is 0.272 e. The molecule has 25 heavy (non-hydrogen) atoms. The molecule has 2 aromatic rings. The van der Waals surface area contributed by atoms with Gasteiger partial charge in [-0.15, -0.1) is 0 Å². The third kappa shape index (κ3) is 3.39. The third-order valence-electron chi connectivity index (χ3n) is 5.32. The van der Waals surface area contributed by atoms with Crippen LogP contribution in [0.4, 0.5) is 0 Å². The molecule has 2 fully saturated rings. The number of piperazine rings is 1. The van der Waals surface area contributed by atoms with E-state index in [2.05, 4.69) is 4.98 Å². The maximum absolute atomic E-state index is 12.7. The minimum absolute atomic E-state index is 0.0381. The number of quaternary nitrogens is 1. The molecule has 1 atom stereocenters. The summed E-state index contributed by atoms with van der Waals surface area (Å²) in [6, 6.07) is 11.7. The van der Waals surface area contributed by atoms with Crippen LogP contribution < -0.4 is 4.90 Å². The first-order chi connectivity index (χ1) is 12.0. The number of nitrogens with one attached hydrogen (secondary N) is 1. The van der Waals surface area contributed by atoms with Gasteiger partial charge in [0.2, 0.25) is 0 Å².